The largest absolute Gasteiger partial charge is 0.496 e. The standard InChI is InChI=1S/C15H22N4O4/c1-15(2,9-6-4-5-7-10(9)23-3)8-18-14(22)19-11(12(16)20)13(17)21/h4-7,11H,8H2,1-3H3,(H2,16,20)(H2,17,21)(H2,18,19,22). The monoisotopic (exact) mass is 322 g/mol. The molecular formula is C15H22N4O4. The second kappa shape index (κ2) is 7.48. The first-order valence-electron chi connectivity index (χ1n) is 6.95. The van der Waals surface area contributed by atoms with Gasteiger partial charge in [0.05, 0.1) is 7.11 Å². The maximum Gasteiger partial charge on any atom is 0.315 e. The number of carbonyl (C=O) groups excluding carboxylic acids is 3. The van der Waals surface area contributed by atoms with Gasteiger partial charge in [-0.3, -0.25) is 9.59 Å². The Morgan fingerprint density at radius 3 is 2.26 bits per heavy atom. The Morgan fingerprint density at radius 1 is 1.17 bits per heavy atom. The summed E-state index contributed by atoms with van der Waals surface area (Å²) in [7, 11) is 1.57. The van der Waals surface area contributed by atoms with Crippen LogP contribution < -0.4 is 26.8 Å². The van der Waals surface area contributed by atoms with E-state index in [0.29, 0.717) is 5.75 Å². The minimum absolute atomic E-state index is 0.240. The fourth-order valence-corrected chi connectivity index (χ4v) is 2.06. The molecule has 0 atom stereocenters. The number of methoxy groups -OCH3 is 1. The van der Waals surface area contributed by atoms with Gasteiger partial charge in [0.2, 0.25) is 11.8 Å². The minimum atomic E-state index is -1.55. The fourth-order valence-electron chi connectivity index (χ4n) is 2.06. The molecule has 0 fully saturated rings. The Labute approximate surface area is 134 Å². The highest BCUT2D eigenvalue weighted by atomic mass is 16.5. The van der Waals surface area contributed by atoms with Crippen LogP contribution in [-0.2, 0) is 15.0 Å². The third kappa shape index (κ3) is 4.87. The summed E-state index contributed by atoms with van der Waals surface area (Å²) >= 11 is 0. The summed E-state index contributed by atoms with van der Waals surface area (Å²) in [4.78, 5) is 33.9. The van der Waals surface area contributed by atoms with Crippen molar-refractivity contribution in [2.45, 2.75) is 25.3 Å². The van der Waals surface area contributed by atoms with Crippen LogP contribution in [0.2, 0.25) is 0 Å². The van der Waals surface area contributed by atoms with E-state index in [1.165, 1.54) is 0 Å². The Bertz CT molecular complexity index is 587. The lowest BCUT2D eigenvalue weighted by Crippen LogP contribution is -2.55. The zero-order valence-electron chi connectivity index (χ0n) is 13.4. The topological polar surface area (TPSA) is 137 Å². The quantitative estimate of drug-likeness (QED) is 0.508. The number of hydrogen-bond acceptors (Lipinski definition) is 4. The molecule has 0 unspecified atom stereocenters. The molecule has 8 heteroatoms. The molecule has 0 aliphatic heterocycles. The van der Waals surface area contributed by atoms with Crippen molar-refractivity contribution in [2.75, 3.05) is 13.7 Å². The number of carbonyl (C=O) groups is 3. The summed E-state index contributed by atoms with van der Waals surface area (Å²) in [6.07, 6.45) is 0. The highest BCUT2D eigenvalue weighted by Crippen LogP contribution is 2.30. The van der Waals surface area contributed by atoms with Crippen LogP contribution in [0.15, 0.2) is 24.3 Å². The van der Waals surface area contributed by atoms with E-state index < -0.39 is 29.3 Å². The first-order chi connectivity index (χ1) is 10.7. The Hall–Kier alpha value is -2.77. The molecule has 0 bridgehead atoms. The first-order valence-corrected chi connectivity index (χ1v) is 6.95. The third-order valence-corrected chi connectivity index (χ3v) is 3.37. The lowest BCUT2D eigenvalue weighted by atomic mass is 9.84. The molecule has 0 heterocycles. The average Bonchev–Trinajstić information content (AvgIpc) is 2.50. The molecule has 0 aliphatic rings. The predicted octanol–water partition coefficient (Wildman–Crippen LogP) is -0.389. The van der Waals surface area contributed by atoms with Gasteiger partial charge < -0.3 is 26.8 Å². The molecule has 0 saturated heterocycles. The van der Waals surface area contributed by atoms with Crippen molar-refractivity contribution in [3.63, 3.8) is 0 Å². The highest BCUT2D eigenvalue weighted by Gasteiger charge is 2.27. The van der Waals surface area contributed by atoms with Crippen LogP contribution in [0.4, 0.5) is 4.79 Å². The van der Waals surface area contributed by atoms with Crippen LogP contribution in [0.25, 0.3) is 0 Å². The molecule has 0 aliphatic carbocycles. The summed E-state index contributed by atoms with van der Waals surface area (Å²) in [5.41, 5.74) is 10.5. The molecule has 0 radical (unpaired) electrons. The van der Waals surface area contributed by atoms with Crippen LogP contribution in [0.5, 0.6) is 5.75 Å². The number of para-hydroxylation sites is 1. The van der Waals surface area contributed by atoms with Crippen molar-refractivity contribution in [2.24, 2.45) is 11.5 Å². The number of amides is 4. The molecular weight excluding hydrogens is 300 g/mol. The summed E-state index contributed by atoms with van der Waals surface area (Å²) in [6.45, 7) is 4.08. The number of nitrogens with two attached hydrogens (primary N) is 2. The van der Waals surface area contributed by atoms with E-state index in [4.69, 9.17) is 16.2 Å². The number of benzene rings is 1. The van der Waals surface area contributed by atoms with Gasteiger partial charge in [-0.2, -0.15) is 0 Å². The molecule has 0 spiro atoms. The molecule has 6 N–H and O–H groups in total. The van der Waals surface area contributed by atoms with Gasteiger partial charge in [-0.1, -0.05) is 32.0 Å². The first kappa shape index (κ1) is 18.3. The van der Waals surface area contributed by atoms with Crippen molar-refractivity contribution >= 4 is 17.8 Å². The van der Waals surface area contributed by atoms with Crippen molar-refractivity contribution in [3.05, 3.63) is 29.8 Å². The van der Waals surface area contributed by atoms with Gasteiger partial charge in [-0.25, -0.2) is 4.79 Å². The Kier molecular flexibility index (Phi) is 5.94. The summed E-state index contributed by atoms with van der Waals surface area (Å²) in [5, 5.41) is 4.73. The molecule has 8 nitrogen and oxygen atoms in total. The number of hydrogen-bond donors (Lipinski definition) is 4. The lowest BCUT2D eigenvalue weighted by molar-refractivity contribution is -0.128. The predicted molar refractivity (Wildman–Crippen MR) is 84.7 cm³/mol. The molecule has 1 aromatic rings. The van der Waals surface area contributed by atoms with Gasteiger partial charge in [0.1, 0.15) is 5.75 Å². The van der Waals surface area contributed by atoms with Crippen LogP contribution in [0, 0.1) is 0 Å². The molecule has 0 saturated carbocycles. The average molecular weight is 322 g/mol. The normalized spacial score (nSPS) is 11.0. The molecule has 1 rings (SSSR count). The summed E-state index contributed by atoms with van der Waals surface area (Å²) in [6, 6.07) is 5.18. The van der Waals surface area contributed by atoms with Gasteiger partial charge in [-0.15, -0.1) is 0 Å². The number of ether oxygens (including phenoxy) is 1. The Morgan fingerprint density at radius 2 is 1.74 bits per heavy atom. The number of rotatable bonds is 7. The van der Waals surface area contributed by atoms with Crippen LogP contribution in [0.1, 0.15) is 19.4 Å². The maximum absolute atomic E-state index is 11.8. The third-order valence-electron chi connectivity index (χ3n) is 3.37. The molecule has 23 heavy (non-hydrogen) atoms. The van der Waals surface area contributed by atoms with Gasteiger partial charge in [0, 0.05) is 17.5 Å². The number of urea groups is 1. The van der Waals surface area contributed by atoms with E-state index in [-0.39, 0.29) is 6.54 Å². The molecule has 0 aromatic heterocycles. The zero-order valence-corrected chi connectivity index (χ0v) is 13.4. The van der Waals surface area contributed by atoms with E-state index in [1.807, 2.05) is 38.1 Å². The number of nitrogens with one attached hydrogen (secondary N) is 2. The van der Waals surface area contributed by atoms with Crippen molar-refractivity contribution in [3.8, 4) is 5.75 Å². The van der Waals surface area contributed by atoms with Crippen molar-refractivity contribution < 1.29 is 19.1 Å². The highest BCUT2D eigenvalue weighted by molar-refractivity contribution is 6.05. The van der Waals surface area contributed by atoms with Crippen LogP contribution in [0.3, 0.4) is 0 Å². The Balaban J connectivity index is 2.74. The second-order valence-corrected chi connectivity index (χ2v) is 5.65. The van der Waals surface area contributed by atoms with E-state index in [1.54, 1.807) is 7.11 Å². The smallest absolute Gasteiger partial charge is 0.315 e. The van der Waals surface area contributed by atoms with E-state index >= 15 is 0 Å². The van der Waals surface area contributed by atoms with Gasteiger partial charge in [0.15, 0.2) is 6.04 Å². The molecule has 1 aromatic carbocycles. The lowest BCUT2D eigenvalue weighted by Gasteiger charge is -2.27. The minimum Gasteiger partial charge on any atom is -0.496 e. The zero-order chi connectivity index (χ0) is 17.6. The summed E-state index contributed by atoms with van der Waals surface area (Å²) in [5.74, 6) is -1.33. The summed E-state index contributed by atoms with van der Waals surface area (Å²) < 4.78 is 5.32. The van der Waals surface area contributed by atoms with Crippen LogP contribution in [-0.4, -0.2) is 37.5 Å². The second-order valence-electron chi connectivity index (χ2n) is 5.65. The van der Waals surface area contributed by atoms with Crippen molar-refractivity contribution in [1.82, 2.24) is 10.6 Å². The molecule has 4 amide bonds. The fraction of sp³-hybridized carbons (Fsp3) is 0.400. The van der Waals surface area contributed by atoms with Crippen molar-refractivity contribution in [1.29, 1.82) is 0 Å². The van der Waals surface area contributed by atoms with Crippen LogP contribution >= 0.6 is 0 Å². The van der Waals surface area contributed by atoms with E-state index in [9.17, 15) is 14.4 Å². The maximum atomic E-state index is 11.8. The van der Waals surface area contributed by atoms with Gasteiger partial charge in [0.25, 0.3) is 0 Å². The van der Waals surface area contributed by atoms with Gasteiger partial charge >= 0.3 is 6.03 Å². The van der Waals surface area contributed by atoms with E-state index in [0.717, 1.165) is 5.56 Å². The number of primary amides is 2. The SMILES string of the molecule is COc1ccccc1C(C)(C)CNC(=O)NC(C(N)=O)C(N)=O. The van der Waals surface area contributed by atoms with Gasteiger partial charge in [-0.05, 0) is 6.07 Å². The molecule has 126 valence electrons. The van der Waals surface area contributed by atoms with E-state index in [2.05, 4.69) is 10.6 Å².